The molecule has 270 valence electrons. The van der Waals surface area contributed by atoms with Crippen molar-refractivity contribution in [1.29, 1.82) is 0 Å². The van der Waals surface area contributed by atoms with Gasteiger partial charge in [0.2, 0.25) is 0 Å². The number of nitrogens with zero attached hydrogens (tertiary/aromatic N) is 2. The average Bonchev–Trinajstić information content (AvgIpc) is 3.28. The maximum absolute atomic E-state index is 5.51. The Morgan fingerprint density at radius 2 is 0.536 bits per heavy atom. The van der Waals surface area contributed by atoms with Crippen LogP contribution in [0.15, 0.2) is 241 Å². The van der Waals surface area contributed by atoms with E-state index in [1.165, 1.54) is 31.8 Å². The Bertz CT molecular complexity index is 2220. The zero-order valence-corrected chi connectivity index (χ0v) is 32.8. The topological polar surface area (TPSA) is 24.7 Å². The summed E-state index contributed by atoms with van der Waals surface area (Å²) in [4.78, 5) is 11.0. The summed E-state index contributed by atoms with van der Waals surface area (Å²) in [5.41, 5.74) is 4.46. The van der Waals surface area contributed by atoms with E-state index in [0.717, 1.165) is 22.3 Å². The Morgan fingerprint density at radius 3 is 0.839 bits per heavy atom. The van der Waals surface area contributed by atoms with Crippen LogP contribution in [0.4, 0.5) is 0 Å². The van der Waals surface area contributed by atoms with Crippen LogP contribution in [0.1, 0.15) is 34.3 Å². The van der Waals surface area contributed by atoms with Gasteiger partial charge in [-0.05, 0) is 58.8 Å². The molecular weight excluding hydrogens is 715 g/mol. The van der Waals surface area contributed by atoms with Crippen LogP contribution in [-0.4, -0.2) is 12.4 Å². The van der Waals surface area contributed by atoms with Crippen molar-refractivity contribution < 1.29 is 0 Å². The van der Waals surface area contributed by atoms with Gasteiger partial charge in [-0.3, -0.25) is 9.98 Å². The van der Waals surface area contributed by atoms with Gasteiger partial charge in [0.05, 0.1) is 0 Å². The Balaban J connectivity index is 1.23. The fourth-order valence-electron chi connectivity index (χ4n) is 7.08. The van der Waals surface area contributed by atoms with Crippen molar-refractivity contribution in [3.8, 4) is 0 Å². The van der Waals surface area contributed by atoms with E-state index in [-0.39, 0.29) is 12.1 Å². The number of hydrogen-bond donors (Lipinski definition) is 0. The lowest BCUT2D eigenvalue weighted by molar-refractivity contribution is 0.583. The summed E-state index contributed by atoms with van der Waals surface area (Å²) in [6.07, 6.45) is 4.19. The average molecular weight is 757 g/mol. The standard InChI is InChI=1S/C52H42N2P2/c1-7-23-41(24-8-1)51(53-39-43-27-19-21-37-49(43)55(45-29-11-3-12-30-45)46-31-13-4-14-32-46)52(42-25-9-2-10-26-42)54-40-44-28-20-22-38-50(44)56(47-33-15-5-16-34-47)48-35-17-6-18-36-48/h1-40,51-52H/t51-,52-/m0/s1. The summed E-state index contributed by atoms with van der Waals surface area (Å²) >= 11 is 0. The lowest BCUT2D eigenvalue weighted by Gasteiger charge is -2.24. The van der Waals surface area contributed by atoms with E-state index in [9.17, 15) is 0 Å². The molecule has 8 aromatic carbocycles. The molecule has 2 atom stereocenters. The Morgan fingerprint density at radius 1 is 0.286 bits per heavy atom. The van der Waals surface area contributed by atoms with Gasteiger partial charge in [0, 0.05) is 23.6 Å². The molecule has 0 unspecified atom stereocenters. The molecule has 0 N–H and O–H groups in total. The molecule has 0 aliphatic heterocycles. The predicted octanol–water partition coefficient (Wildman–Crippen LogP) is 10.2. The number of benzene rings is 8. The maximum Gasteiger partial charge on any atom is 0.101 e. The SMILES string of the molecule is C(=N[C@@H](c1ccccc1)[C@@H](N=Cc1ccccc1P(c1ccccc1)c1ccccc1)c1ccccc1)c1ccccc1P(c1ccccc1)c1ccccc1. The summed E-state index contributed by atoms with van der Waals surface area (Å²) in [6, 6.07) is 81.6. The quantitative estimate of drug-likeness (QED) is 0.0827. The van der Waals surface area contributed by atoms with E-state index in [2.05, 4.69) is 243 Å². The lowest BCUT2D eigenvalue weighted by Crippen LogP contribution is -2.23. The van der Waals surface area contributed by atoms with Crippen molar-refractivity contribution in [2.24, 2.45) is 9.98 Å². The van der Waals surface area contributed by atoms with E-state index in [1.54, 1.807) is 0 Å². The molecule has 0 saturated heterocycles. The monoisotopic (exact) mass is 756 g/mol. The molecule has 4 heteroatoms. The van der Waals surface area contributed by atoms with E-state index >= 15 is 0 Å². The lowest BCUT2D eigenvalue weighted by atomic mass is 9.94. The first kappa shape index (κ1) is 36.9. The summed E-state index contributed by atoms with van der Waals surface area (Å²) in [6.45, 7) is 0. The highest BCUT2D eigenvalue weighted by Crippen LogP contribution is 2.38. The van der Waals surface area contributed by atoms with E-state index in [0.29, 0.717) is 0 Å². The van der Waals surface area contributed by atoms with Crippen LogP contribution in [-0.2, 0) is 0 Å². The van der Waals surface area contributed by atoms with Gasteiger partial charge >= 0.3 is 0 Å². The third kappa shape index (κ3) is 8.75. The molecule has 56 heavy (non-hydrogen) atoms. The molecule has 0 spiro atoms. The largest absolute Gasteiger partial charge is 0.282 e. The van der Waals surface area contributed by atoms with Crippen LogP contribution in [0.3, 0.4) is 0 Å². The normalized spacial score (nSPS) is 12.7. The van der Waals surface area contributed by atoms with Crippen LogP contribution in [0.2, 0.25) is 0 Å². The minimum atomic E-state index is -0.816. The first-order chi connectivity index (χ1) is 27.8. The molecule has 0 saturated carbocycles. The summed E-state index contributed by atoms with van der Waals surface area (Å²) in [5.74, 6) is 0. The van der Waals surface area contributed by atoms with Gasteiger partial charge in [0.15, 0.2) is 0 Å². The zero-order valence-electron chi connectivity index (χ0n) is 31.0. The van der Waals surface area contributed by atoms with Crippen LogP contribution < -0.4 is 31.8 Å². The van der Waals surface area contributed by atoms with Crippen LogP contribution in [0.5, 0.6) is 0 Å². The molecule has 0 aromatic heterocycles. The predicted molar refractivity (Wildman–Crippen MR) is 244 cm³/mol. The van der Waals surface area contributed by atoms with E-state index in [4.69, 9.17) is 9.98 Å². The first-order valence-electron chi connectivity index (χ1n) is 19.0. The van der Waals surface area contributed by atoms with Crippen LogP contribution >= 0.6 is 15.8 Å². The van der Waals surface area contributed by atoms with Gasteiger partial charge in [-0.15, -0.1) is 0 Å². The van der Waals surface area contributed by atoms with Crippen molar-refractivity contribution in [3.63, 3.8) is 0 Å². The molecule has 0 aliphatic rings. The maximum atomic E-state index is 5.51. The van der Waals surface area contributed by atoms with Crippen molar-refractivity contribution >= 4 is 60.1 Å². The number of hydrogen-bond acceptors (Lipinski definition) is 2. The van der Waals surface area contributed by atoms with Crippen LogP contribution in [0, 0.1) is 0 Å². The summed E-state index contributed by atoms with van der Waals surface area (Å²) < 4.78 is 0. The van der Waals surface area contributed by atoms with Gasteiger partial charge < -0.3 is 0 Å². The highest BCUT2D eigenvalue weighted by molar-refractivity contribution is 7.80. The Kier molecular flexibility index (Phi) is 12.2. The second kappa shape index (κ2) is 18.5. The zero-order chi connectivity index (χ0) is 37.8. The molecule has 2 nitrogen and oxygen atoms in total. The van der Waals surface area contributed by atoms with Gasteiger partial charge in [-0.25, -0.2) is 0 Å². The van der Waals surface area contributed by atoms with Crippen molar-refractivity contribution in [2.45, 2.75) is 12.1 Å². The molecule has 0 amide bonds. The van der Waals surface area contributed by atoms with Gasteiger partial charge in [-0.1, -0.05) is 231 Å². The molecule has 8 aromatic rings. The fourth-order valence-corrected chi connectivity index (χ4v) is 11.9. The molecule has 0 fully saturated rings. The van der Waals surface area contributed by atoms with E-state index < -0.39 is 15.8 Å². The fraction of sp³-hybridized carbons (Fsp3) is 0.0385. The highest BCUT2D eigenvalue weighted by atomic mass is 31.1. The van der Waals surface area contributed by atoms with Gasteiger partial charge in [0.1, 0.15) is 12.1 Å². The molecular formula is C52H42N2P2. The van der Waals surface area contributed by atoms with Gasteiger partial charge in [0.25, 0.3) is 0 Å². The number of aliphatic imine (C=N–C) groups is 2. The smallest absolute Gasteiger partial charge is 0.101 e. The molecule has 0 heterocycles. The third-order valence-corrected chi connectivity index (χ3v) is 14.8. The molecule has 0 aliphatic carbocycles. The first-order valence-corrected chi connectivity index (χ1v) is 21.7. The minimum Gasteiger partial charge on any atom is -0.282 e. The van der Waals surface area contributed by atoms with Crippen LogP contribution in [0.25, 0.3) is 0 Å². The second-order valence-electron chi connectivity index (χ2n) is 13.4. The molecule has 8 rings (SSSR count). The molecule has 0 bridgehead atoms. The minimum absolute atomic E-state index is 0.278. The van der Waals surface area contributed by atoms with Gasteiger partial charge in [-0.2, -0.15) is 0 Å². The van der Waals surface area contributed by atoms with E-state index in [1.807, 2.05) is 0 Å². The molecule has 0 radical (unpaired) electrons. The number of rotatable bonds is 13. The van der Waals surface area contributed by atoms with Crippen molar-refractivity contribution in [2.75, 3.05) is 0 Å². The Labute approximate surface area is 333 Å². The second-order valence-corrected chi connectivity index (χ2v) is 17.8. The highest BCUT2D eigenvalue weighted by Gasteiger charge is 2.25. The summed E-state index contributed by atoms with van der Waals surface area (Å²) in [5, 5.41) is 7.80. The van der Waals surface area contributed by atoms with Crippen molar-refractivity contribution in [1.82, 2.24) is 0 Å². The van der Waals surface area contributed by atoms with Crippen molar-refractivity contribution in [3.05, 3.63) is 253 Å². The third-order valence-electron chi connectivity index (χ3n) is 9.74. The summed E-state index contributed by atoms with van der Waals surface area (Å²) in [7, 11) is -1.63. The Hall–Kier alpha value is -6.04.